The van der Waals surface area contributed by atoms with Crippen molar-refractivity contribution in [2.45, 2.75) is 412 Å². The average Bonchev–Trinajstić information content (AvgIpc) is 3.45. The zero-order valence-corrected chi connectivity index (χ0v) is 53.7. The number of esters is 3. The predicted octanol–water partition coefficient (Wildman–Crippen LogP) is 24.6. The molecule has 0 spiro atoms. The Labute approximate surface area is 493 Å². The first kappa shape index (κ1) is 76.9. The SMILES string of the molecule is CCCCC/C=C\C/C=C\CCCCCCCCCC(=O)OCC(COC(=O)CCCCCCCCCCCCCCCCCCCCCCCCCCCC)OC(=O)CCCCCCCCCCCCCCCCCCCC. The molecule has 466 valence electrons. The van der Waals surface area contributed by atoms with Gasteiger partial charge >= 0.3 is 17.9 Å². The van der Waals surface area contributed by atoms with E-state index < -0.39 is 6.10 Å². The molecule has 0 aliphatic heterocycles. The van der Waals surface area contributed by atoms with Crippen molar-refractivity contribution in [2.75, 3.05) is 13.2 Å². The molecule has 0 aliphatic rings. The molecule has 0 saturated carbocycles. The highest BCUT2D eigenvalue weighted by atomic mass is 16.6. The van der Waals surface area contributed by atoms with Crippen molar-refractivity contribution < 1.29 is 28.6 Å². The van der Waals surface area contributed by atoms with Crippen LogP contribution in [0.4, 0.5) is 0 Å². The van der Waals surface area contributed by atoms with E-state index in [1.807, 2.05) is 0 Å². The minimum Gasteiger partial charge on any atom is -0.462 e. The zero-order chi connectivity index (χ0) is 57.1. The summed E-state index contributed by atoms with van der Waals surface area (Å²) in [6, 6.07) is 0. The van der Waals surface area contributed by atoms with Crippen LogP contribution in [0.25, 0.3) is 0 Å². The Kier molecular flexibility index (Phi) is 66.6. The van der Waals surface area contributed by atoms with Gasteiger partial charge in [0.1, 0.15) is 13.2 Å². The fraction of sp³-hybridized carbons (Fsp3) is 0.904. The van der Waals surface area contributed by atoms with E-state index in [0.717, 1.165) is 70.6 Å². The van der Waals surface area contributed by atoms with Crippen LogP contribution >= 0.6 is 0 Å². The number of ether oxygens (including phenoxy) is 3. The third-order valence-corrected chi connectivity index (χ3v) is 16.5. The molecule has 1 atom stereocenters. The van der Waals surface area contributed by atoms with E-state index in [9.17, 15) is 14.4 Å². The van der Waals surface area contributed by atoms with Crippen LogP contribution in [0.1, 0.15) is 406 Å². The molecule has 0 aromatic carbocycles. The summed E-state index contributed by atoms with van der Waals surface area (Å²) in [6.07, 6.45) is 83.5. The molecule has 79 heavy (non-hydrogen) atoms. The number of hydrogen-bond donors (Lipinski definition) is 0. The van der Waals surface area contributed by atoms with Crippen LogP contribution in [0.2, 0.25) is 0 Å². The smallest absolute Gasteiger partial charge is 0.306 e. The van der Waals surface area contributed by atoms with Crippen molar-refractivity contribution in [1.82, 2.24) is 0 Å². The summed E-state index contributed by atoms with van der Waals surface area (Å²) < 4.78 is 17.0. The number of rotatable bonds is 67. The molecule has 0 aromatic rings. The quantitative estimate of drug-likeness (QED) is 0.0261. The largest absolute Gasteiger partial charge is 0.462 e. The maximum atomic E-state index is 13.0. The average molecular weight is 1110 g/mol. The van der Waals surface area contributed by atoms with Crippen LogP contribution in [0.15, 0.2) is 24.3 Å². The molecule has 0 bridgehead atoms. The van der Waals surface area contributed by atoms with Gasteiger partial charge in [-0.1, -0.05) is 360 Å². The zero-order valence-electron chi connectivity index (χ0n) is 53.7. The highest BCUT2D eigenvalue weighted by Gasteiger charge is 2.19. The highest BCUT2D eigenvalue weighted by Crippen LogP contribution is 2.19. The Hall–Kier alpha value is -2.11. The third kappa shape index (κ3) is 66.6. The van der Waals surface area contributed by atoms with Crippen LogP contribution in [0, 0.1) is 0 Å². The predicted molar refractivity (Wildman–Crippen MR) is 344 cm³/mol. The monoisotopic (exact) mass is 1110 g/mol. The van der Waals surface area contributed by atoms with Crippen molar-refractivity contribution >= 4 is 17.9 Å². The first-order valence-electron chi connectivity index (χ1n) is 35.8. The normalized spacial score (nSPS) is 12.1. The van der Waals surface area contributed by atoms with Crippen molar-refractivity contribution in [3.8, 4) is 0 Å². The lowest BCUT2D eigenvalue weighted by Crippen LogP contribution is -2.30. The molecule has 0 heterocycles. The number of hydrogen-bond acceptors (Lipinski definition) is 6. The second-order valence-electron chi connectivity index (χ2n) is 24.5. The summed E-state index contributed by atoms with van der Waals surface area (Å²) in [5.74, 6) is -0.841. The lowest BCUT2D eigenvalue weighted by atomic mass is 10.0. The summed E-state index contributed by atoms with van der Waals surface area (Å²) in [7, 11) is 0. The van der Waals surface area contributed by atoms with Crippen LogP contribution in [-0.2, 0) is 28.6 Å². The first-order valence-corrected chi connectivity index (χ1v) is 35.8. The second-order valence-corrected chi connectivity index (χ2v) is 24.5. The third-order valence-electron chi connectivity index (χ3n) is 16.5. The molecule has 6 heteroatoms. The Morgan fingerprint density at radius 2 is 0.456 bits per heavy atom. The fourth-order valence-electron chi connectivity index (χ4n) is 11.1. The van der Waals surface area contributed by atoms with Crippen molar-refractivity contribution in [1.29, 1.82) is 0 Å². The van der Waals surface area contributed by atoms with Gasteiger partial charge in [0, 0.05) is 19.3 Å². The Balaban J connectivity index is 4.24. The van der Waals surface area contributed by atoms with Crippen LogP contribution in [-0.4, -0.2) is 37.2 Å². The summed E-state index contributed by atoms with van der Waals surface area (Å²) >= 11 is 0. The maximum absolute atomic E-state index is 13.0. The maximum Gasteiger partial charge on any atom is 0.306 e. The molecular weight excluding hydrogens is 973 g/mol. The van der Waals surface area contributed by atoms with E-state index in [1.165, 1.54) is 295 Å². The topological polar surface area (TPSA) is 78.9 Å². The van der Waals surface area contributed by atoms with Crippen LogP contribution in [0.5, 0.6) is 0 Å². The Bertz CT molecular complexity index is 1270. The van der Waals surface area contributed by atoms with Crippen molar-refractivity contribution in [2.24, 2.45) is 0 Å². The summed E-state index contributed by atoms with van der Waals surface area (Å²) in [5, 5.41) is 0. The van der Waals surface area contributed by atoms with E-state index in [-0.39, 0.29) is 31.1 Å². The molecule has 0 aromatic heterocycles. The van der Waals surface area contributed by atoms with E-state index in [1.54, 1.807) is 0 Å². The number of carbonyl (C=O) groups excluding carboxylic acids is 3. The molecule has 6 nitrogen and oxygen atoms in total. The number of allylic oxidation sites excluding steroid dienone is 4. The minimum atomic E-state index is -0.772. The highest BCUT2D eigenvalue weighted by molar-refractivity contribution is 5.71. The number of carbonyl (C=O) groups is 3. The Morgan fingerprint density at radius 3 is 0.722 bits per heavy atom. The van der Waals surface area contributed by atoms with Gasteiger partial charge in [-0.3, -0.25) is 14.4 Å². The minimum absolute atomic E-state index is 0.0670. The molecule has 0 amide bonds. The van der Waals surface area contributed by atoms with E-state index in [2.05, 4.69) is 45.1 Å². The van der Waals surface area contributed by atoms with Gasteiger partial charge in [0.15, 0.2) is 6.10 Å². The van der Waals surface area contributed by atoms with Gasteiger partial charge in [-0.25, -0.2) is 0 Å². The van der Waals surface area contributed by atoms with Gasteiger partial charge in [-0.05, 0) is 51.4 Å². The molecular formula is C73H138O6. The van der Waals surface area contributed by atoms with Gasteiger partial charge in [-0.2, -0.15) is 0 Å². The first-order chi connectivity index (χ1) is 39.0. The molecule has 1 unspecified atom stereocenters. The lowest BCUT2D eigenvalue weighted by molar-refractivity contribution is -0.167. The van der Waals surface area contributed by atoms with Crippen LogP contribution < -0.4 is 0 Å². The Morgan fingerprint density at radius 1 is 0.253 bits per heavy atom. The van der Waals surface area contributed by atoms with Gasteiger partial charge in [-0.15, -0.1) is 0 Å². The van der Waals surface area contributed by atoms with E-state index >= 15 is 0 Å². The summed E-state index contributed by atoms with van der Waals surface area (Å²) in [6.45, 7) is 6.70. The molecule has 0 N–H and O–H groups in total. The van der Waals surface area contributed by atoms with Crippen LogP contribution in [0.3, 0.4) is 0 Å². The van der Waals surface area contributed by atoms with E-state index in [4.69, 9.17) is 14.2 Å². The lowest BCUT2D eigenvalue weighted by Gasteiger charge is -2.18. The number of unbranched alkanes of at least 4 members (excludes halogenated alkanes) is 52. The fourth-order valence-corrected chi connectivity index (χ4v) is 11.1. The molecule has 0 saturated heterocycles. The van der Waals surface area contributed by atoms with Crippen molar-refractivity contribution in [3.63, 3.8) is 0 Å². The molecule has 0 radical (unpaired) electrons. The van der Waals surface area contributed by atoms with Gasteiger partial charge < -0.3 is 14.2 Å². The van der Waals surface area contributed by atoms with Gasteiger partial charge in [0.25, 0.3) is 0 Å². The molecule has 0 rings (SSSR count). The molecule has 0 fully saturated rings. The van der Waals surface area contributed by atoms with Gasteiger partial charge in [0.05, 0.1) is 0 Å². The summed E-state index contributed by atoms with van der Waals surface area (Å²) in [5.41, 5.74) is 0. The van der Waals surface area contributed by atoms with Gasteiger partial charge in [0.2, 0.25) is 0 Å². The van der Waals surface area contributed by atoms with Crippen molar-refractivity contribution in [3.05, 3.63) is 24.3 Å². The molecule has 0 aliphatic carbocycles. The summed E-state index contributed by atoms with van der Waals surface area (Å²) in [4.78, 5) is 38.5. The standard InChI is InChI=1S/C73H138O6/c1-4-7-10-13-16-19-22-25-28-31-33-34-35-36-37-38-39-40-43-45-48-51-54-57-60-63-66-72(75)78-69-70(68-77-71(74)65-62-59-56-53-50-47-44-41-30-27-24-21-18-15-12-9-6-3)79-73(76)67-64-61-58-55-52-49-46-42-32-29-26-23-20-17-14-11-8-5-2/h18,21,27,30,70H,4-17,19-20,22-26,28-29,31-69H2,1-3H3/b21-18-,30-27-. The second kappa shape index (κ2) is 68.4. The van der Waals surface area contributed by atoms with E-state index in [0.29, 0.717) is 19.3 Å².